The molecule has 0 aliphatic carbocycles. The molecule has 0 bridgehead atoms. The van der Waals surface area contributed by atoms with E-state index >= 15 is 0 Å². The summed E-state index contributed by atoms with van der Waals surface area (Å²) in [5.74, 6) is -0.152. The van der Waals surface area contributed by atoms with Crippen LogP contribution in [-0.4, -0.2) is 21.9 Å². The Bertz CT molecular complexity index is 1080. The maximum atomic E-state index is 12.3. The van der Waals surface area contributed by atoms with Gasteiger partial charge in [0, 0.05) is 16.7 Å². The molecule has 0 spiro atoms. The van der Waals surface area contributed by atoms with Gasteiger partial charge in [-0.1, -0.05) is 78.9 Å². The van der Waals surface area contributed by atoms with Gasteiger partial charge in [-0.15, -0.1) is 10.2 Å². The molecule has 5 nitrogen and oxygen atoms in total. The number of carbonyl (C=O) groups excluding carboxylic acids is 1. The highest BCUT2D eigenvalue weighted by molar-refractivity contribution is 8.18. The third-order valence-corrected chi connectivity index (χ3v) is 5.11. The number of amides is 1. The van der Waals surface area contributed by atoms with E-state index in [1.54, 1.807) is 30.3 Å². The lowest BCUT2D eigenvalue weighted by Gasteiger charge is -2.05. The molecule has 0 radical (unpaired) electrons. The molecular formula is C23H17N3O2S. The first-order valence-corrected chi connectivity index (χ1v) is 9.78. The SMILES string of the molecule is O=C1N/C(=N/N=C(c2ccccc2)c2ccccc2)S/C1=C\c1ccccc1O. The van der Waals surface area contributed by atoms with Crippen LogP contribution in [0.1, 0.15) is 16.7 Å². The summed E-state index contributed by atoms with van der Waals surface area (Å²) in [6.07, 6.45) is 1.64. The Morgan fingerprint density at radius 2 is 1.45 bits per heavy atom. The summed E-state index contributed by atoms with van der Waals surface area (Å²) in [5, 5.41) is 21.7. The van der Waals surface area contributed by atoms with Crippen molar-refractivity contribution < 1.29 is 9.90 Å². The highest BCUT2D eigenvalue weighted by atomic mass is 32.2. The van der Waals surface area contributed by atoms with E-state index in [-0.39, 0.29) is 11.7 Å². The Balaban J connectivity index is 1.65. The van der Waals surface area contributed by atoms with Crippen molar-refractivity contribution in [2.75, 3.05) is 0 Å². The lowest BCUT2D eigenvalue weighted by molar-refractivity contribution is -0.115. The monoisotopic (exact) mass is 399 g/mol. The molecule has 6 heteroatoms. The summed E-state index contributed by atoms with van der Waals surface area (Å²) < 4.78 is 0. The first-order valence-electron chi connectivity index (χ1n) is 8.96. The lowest BCUT2D eigenvalue weighted by Crippen LogP contribution is -2.19. The lowest BCUT2D eigenvalue weighted by atomic mass is 10.0. The van der Waals surface area contributed by atoms with Gasteiger partial charge in [-0.3, -0.25) is 10.1 Å². The number of nitrogens with zero attached hydrogens (tertiary/aromatic N) is 2. The molecule has 1 heterocycles. The minimum Gasteiger partial charge on any atom is -0.507 e. The fourth-order valence-corrected chi connectivity index (χ4v) is 3.56. The van der Waals surface area contributed by atoms with Crippen LogP contribution < -0.4 is 5.32 Å². The van der Waals surface area contributed by atoms with E-state index < -0.39 is 0 Å². The van der Waals surface area contributed by atoms with Gasteiger partial charge in [0.1, 0.15) is 11.5 Å². The third-order valence-electron chi connectivity index (χ3n) is 4.21. The highest BCUT2D eigenvalue weighted by Crippen LogP contribution is 2.28. The smallest absolute Gasteiger partial charge is 0.264 e. The Morgan fingerprint density at radius 3 is 2.07 bits per heavy atom. The molecule has 0 saturated carbocycles. The van der Waals surface area contributed by atoms with E-state index in [0.717, 1.165) is 11.1 Å². The maximum Gasteiger partial charge on any atom is 0.264 e. The number of phenols is 1. The molecule has 1 aliphatic rings. The Hall–Kier alpha value is -3.64. The van der Waals surface area contributed by atoms with Gasteiger partial charge in [-0.2, -0.15) is 0 Å². The minimum atomic E-state index is -0.270. The molecule has 1 fully saturated rings. The Kier molecular flexibility index (Phi) is 5.54. The molecule has 142 valence electrons. The molecule has 3 aromatic rings. The van der Waals surface area contributed by atoms with Gasteiger partial charge >= 0.3 is 0 Å². The minimum absolute atomic E-state index is 0.118. The summed E-state index contributed by atoms with van der Waals surface area (Å²) in [4.78, 5) is 12.7. The van der Waals surface area contributed by atoms with Gasteiger partial charge in [0.2, 0.25) is 0 Å². The molecule has 0 unspecified atom stereocenters. The summed E-state index contributed by atoms with van der Waals surface area (Å²) >= 11 is 1.19. The van der Waals surface area contributed by atoms with Crippen LogP contribution >= 0.6 is 11.8 Å². The predicted octanol–water partition coefficient (Wildman–Crippen LogP) is 4.40. The number of rotatable bonds is 4. The van der Waals surface area contributed by atoms with Crippen LogP contribution in [0.15, 0.2) is 100 Å². The van der Waals surface area contributed by atoms with Crippen LogP contribution in [0.5, 0.6) is 5.75 Å². The van der Waals surface area contributed by atoms with Crippen LogP contribution in [0.25, 0.3) is 6.08 Å². The summed E-state index contributed by atoms with van der Waals surface area (Å²) in [5.41, 5.74) is 3.15. The number of thioether (sulfide) groups is 1. The molecule has 2 N–H and O–H groups in total. The highest BCUT2D eigenvalue weighted by Gasteiger charge is 2.24. The van der Waals surface area contributed by atoms with Crippen molar-refractivity contribution in [3.63, 3.8) is 0 Å². The molecule has 29 heavy (non-hydrogen) atoms. The van der Waals surface area contributed by atoms with Gasteiger partial charge in [-0.25, -0.2) is 0 Å². The molecule has 3 aromatic carbocycles. The Labute approximate surface area is 172 Å². The maximum absolute atomic E-state index is 12.3. The molecular weight excluding hydrogens is 382 g/mol. The van der Waals surface area contributed by atoms with E-state index in [1.165, 1.54) is 11.8 Å². The summed E-state index contributed by atoms with van der Waals surface area (Å²) in [6.45, 7) is 0. The number of hydrogen-bond donors (Lipinski definition) is 2. The number of hydrogen-bond acceptors (Lipinski definition) is 5. The average molecular weight is 399 g/mol. The van der Waals surface area contributed by atoms with E-state index in [0.29, 0.717) is 21.3 Å². The first kappa shape index (κ1) is 18.7. The van der Waals surface area contributed by atoms with Crippen molar-refractivity contribution in [2.45, 2.75) is 0 Å². The van der Waals surface area contributed by atoms with Crippen molar-refractivity contribution in [1.82, 2.24) is 5.32 Å². The molecule has 1 aliphatic heterocycles. The molecule has 4 rings (SSSR count). The van der Waals surface area contributed by atoms with Crippen molar-refractivity contribution in [1.29, 1.82) is 0 Å². The average Bonchev–Trinajstić information content (AvgIpc) is 3.11. The van der Waals surface area contributed by atoms with E-state index in [9.17, 15) is 9.90 Å². The zero-order valence-electron chi connectivity index (χ0n) is 15.3. The number of benzene rings is 3. The van der Waals surface area contributed by atoms with Crippen molar-refractivity contribution >= 4 is 34.6 Å². The van der Waals surface area contributed by atoms with E-state index in [2.05, 4.69) is 15.5 Å². The fourth-order valence-electron chi connectivity index (χ4n) is 2.80. The number of amidine groups is 1. The van der Waals surface area contributed by atoms with Crippen molar-refractivity contribution in [2.24, 2.45) is 10.2 Å². The number of nitrogens with one attached hydrogen (secondary N) is 1. The second-order valence-electron chi connectivity index (χ2n) is 6.21. The zero-order chi connectivity index (χ0) is 20.1. The molecule has 1 saturated heterocycles. The predicted molar refractivity (Wildman–Crippen MR) is 118 cm³/mol. The van der Waals surface area contributed by atoms with Gasteiger partial charge in [0.15, 0.2) is 5.17 Å². The summed E-state index contributed by atoms with van der Waals surface area (Å²) in [7, 11) is 0. The quantitative estimate of drug-likeness (QED) is 0.388. The number of phenolic OH excluding ortho intramolecular Hbond substituents is 1. The normalized spacial score (nSPS) is 16.1. The second kappa shape index (κ2) is 8.58. The molecule has 0 atom stereocenters. The van der Waals surface area contributed by atoms with Gasteiger partial charge in [0.05, 0.1) is 4.91 Å². The van der Waals surface area contributed by atoms with Gasteiger partial charge in [-0.05, 0) is 23.9 Å². The van der Waals surface area contributed by atoms with E-state index in [4.69, 9.17) is 0 Å². The van der Waals surface area contributed by atoms with Crippen molar-refractivity contribution in [3.05, 3.63) is 107 Å². The first-order chi connectivity index (χ1) is 14.2. The van der Waals surface area contributed by atoms with Gasteiger partial charge < -0.3 is 5.11 Å². The standard InChI is InChI=1S/C23H17N3O2S/c27-19-14-8-7-13-18(19)15-20-22(28)24-23(29-20)26-25-21(16-9-3-1-4-10-16)17-11-5-2-6-12-17/h1-15,27H,(H,24,26,28)/b20-15-. The number of para-hydroxylation sites is 1. The van der Waals surface area contributed by atoms with Crippen LogP contribution in [0.4, 0.5) is 0 Å². The second-order valence-corrected chi connectivity index (χ2v) is 7.24. The van der Waals surface area contributed by atoms with Crippen LogP contribution in [0.3, 0.4) is 0 Å². The molecule has 0 aromatic heterocycles. The van der Waals surface area contributed by atoms with Gasteiger partial charge in [0.25, 0.3) is 5.91 Å². The molecule has 1 amide bonds. The van der Waals surface area contributed by atoms with Crippen LogP contribution in [-0.2, 0) is 4.79 Å². The van der Waals surface area contributed by atoms with Crippen LogP contribution in [0, 0.1) is 0 Å². The van der Waals surface area contributed by atoms with Crippen LogP contribution in [0.2, 0.25) is 0 Å². The van der Waals surface area contributed by atoms with E-state index in [1.807, 2.05) is 60.7 Å². The summed E-state index contributed by atoms with van der Waals surface area (Å²) in [6, 6.07) is 26.4. The van der Waals surface area contributed by atoms with Crippen molar-refractivity contribution in [3.8, 4) is 5.75 Å². The number of aromatic hydroxyl groups is 1. The third kappa shape index (κ3) is 4.44. The Morgan fingerprint density at radius 1 is 0.862 bits per heavy atom. The number of carbonyl (C=O) groups is 1. The zero-order valence-corrected chi connectivity index (χ0v) is 16.1. The fraction of sp³-hybridized carbons (Fsp3) is 0. The largest absolute Gasteiger partial charge is 0.507 e. The topological polar surface area (TPSA) is 74.0 Å².